The Labute approximate surface area is 124 Å². The number of hydrogen-bond acceptors (Lipinski definition) is 2. The van der Waals surface area contributed by atoms with Crippen molar-refractivity contribution >= 4 is 5.69 Å². The van der Waals surface area contributed by atoms with Gasteiger partial charge in [0.1, 0.15) is 0 Å². The molecule has 2 heteroatoms. The molecule has 0 amide bonds. The number of benzene rings is 1. The van der Waals surface area contributed by atoms with E-state index in [0.717, 1.165) is 19.0 Å². The van der Waals surface area contributed by atoms with Gasteiger partial charge in [0.25, 0.3) is 0 Å². The summed E-state index contributed by atoms with van der Waals surface area (Å²) in [6.07, 6.45) is 3.60. The second kappa shape index (κ2) is 6.17. The third kappa shape index (κ3) is 3.17. The predicted octanol–water partition coefficient (Wildman–Crippen LogP) is 3.84. The minimum absolute atomic E-state index is 0.0784. The minimum Gasteiger partial charge on any atom is -0.364 e. The molecule has 2 unspecified atom stereocenters. The molecule has 0 aliphatic carbocycles. The largest absolute Gasteiger partial charge is 0.364 e. The van der Waals surface area contributed by atoms with Crippen LogP contribution in [0.2, 0.25) is 0 Å². The molecule has 2 atom stereocenters. The third-order valence-corrected chi connectivity index (χ3v) is 4.70. The number of fused-ring (bicyclic) bond motifs is 1. The van der Waals surface area contributed by atoms with E-state index in [-0.39, 0.29) is 5.54 Å². The van der Waals surface area contributed by atoms with Gasteiger partial charge < -0.3 is 10.6 Å². The van der Waals surface area contributed by atoms with Crippen LogP contribution in [0.3, 0.4) is 0 Å². The molecule has 1 aliphatic heterocycles. The molecule has 0 saturated carbocycles. The van der Waals surface area contributed by atoms with Crippen molar-refractivity contribution in [2.45, 2.75) is 52.5 Å². The first-order chi connectivity index (χ1) is 9.46. The summed E-state index contributed by atoms with van der Waals surface area (Å²) in [5.74, 6) is 1.44. The van der Waals surface area contributed by atoms with Crippen LogP contribution < -0.4 is 10.6 Å². The number of anilines is 1. The normalized spacial score (nSPS) is 21.7. The van der Waals surface area contributed by atoms with Gasteiger partial charge in [-0.05, 0) is 49.7 Å². The van der Waals surface area contributed by atoms with Crippen molar-refractivity contribution < 1.29 is 0 Å². The van der Waals surface area contributed by atoms with E-state index in [9.17, 15) is 0 Å². The maximum Gasteiger partial charge on any atom is 0.0496 e. The highest BCUT2D eigenvalue weighted by molar-refractivity contribution is 5.57. The van der Waals surface area contributed by atoms with Crippen LogP contribution in [0.1, 0.15) is 46.1 Å². The molecule has 1 heterocycles. The van der Waals surface area contributed by atoms with Crippen molar-refractivity contribution in [3.63, 3.8) is 0 Å². The summed E-state index contributed by atoms with van der Waals surface area (Å²) < 4.78 is 0. The topological polar surface area (TPSA) is 29.3 Å². The van der Waals surface area contributed by atoms with Crippen LogP contribution >= 0.6 is 0 Å². The summed E-state index contributed by atoms with van der Waals surface area (Å²) in [4.78, 5) is 2.58. The van der Waals surface area contributed by atoms with E-state index in [0.29, 0.717) is 5.92 Å². The Morgan fingerprint density at radius 2 is 2.05 bits per heavy atom. The molecule has 2 nitrogen and oxygen atoms in total. The second-order valence-corrected chi connectivity index (χ2v) is 7.18. The number of nitrogens with zero attached hydrogens (tertiary/aromatic N) is 1. The fourth-order valence-corrected chi connectivity index (χ4v) is 3.25. The summed E-state index contributed by atoms with van der Waals surface area (Å²) in [6.45, 7) is 11.1. The minimum atomic E-state index is 0.0784. The second-order valence-electron chi connectivity index (χ2n) is 7.18. The van der Waals surface area contributed by atoms with E-state index in [2.05, 4.69) is 56.9 Å². The van der Waals surface area contributed by atoms with Crippen molar-refractivity contribution in [1.82, 2.24) is 0 Å². The smallest absolute Gasteiger partial charge is 0.0496 e. The van der Waals surface area contributed by atoms with Gasteiger partial charge in [-0.1, -0.05) is 39.0 Å². The zero-order valence-corrected chi connectivity index (χ0v) is 13.5. The summed E-state index contributed by atoms with van der Waals surface area (Å²) in [5.41, 5.74) is 9.15. The fourth-order valence-electron chi connectivity index (χ4n) is 3.25. The monoisotopic (exact) mass is 274 g/mol. The summed E-state index contributed by atoms with van der Waals surface area (Å²) in [5, 5.41) is 0. The van der Waals surface area contributed by atoms with Crippen LogP contribution in [0.5, 0.6) is 0 Å². The number of rotatable bonds is 5. The molecular weight excluding hydrogens is 244 g/mol. The van der Waals surface area contributed by atoms with Crippen LogP contribution in [-0.2, 0) is 6.42 Å². The zero-order valence-electron chi connectivity index (χ0n) is 13.5. The molecule has 2 N–H and O–H groups in total. The lowest BCUT2D eigenvalue weighted by Crippen LogP contribution is -2.55. The lowest BCUT2D eigenvalue weighted by molar-refractivity contribution is 0.337. The van der Waals surface area contributed by atoms with Gasteiger partial charge in [-0.25, -0.2) is 0 Å². The lowest BCUT2D eigenvalue weighted by Gasteiger charge is -2.47. The van der Waals surface area contributed by atoms with Crippen LogP contribution in [0.4, 0.5) is 5.69 Å². The van der Waals surface area contributed by atoms with Crippen molar-refractivity contribution in [2.24, 2.45) is 17.6 Å². The van der Waals surface area contributed by atoms with Gasteiger partial charge >= 0.3 is 0 Å². The van der Waals surface area contributed by atoms with Crippen molar-refractivity contribution in [3.8, 4) is 0 Å². The number of para-hydroxylation sites is 1. The molecule has 0 bridgehead atoms. The molecule has 0 radical (unpaired) electrons. The standard InChI is InChI=1S/C18H30N2/c1-14(2)9-10-18(4,13-19)20-12-15(3)11-16-7-5-6-8-17(16)20/h5-8,14-15H,9-13,19H2,1-4H3. The fraction of sp³-hybridized carbons (Fsp3) is 0.667. The maximum atomic E-state index is 6.19. The van der Waals surface area contributed by atoms with Gasteiger partial charge in [0.05, 0.1) is 0 Å². The highest BCUT2D eigenvalue weighted by atomic mass is 15.2. The van der Waals surface area contributed by atoms with Crippen molar-refractivity contribution in [2.75, 3.05) is 18.0 Å². The van der Waals surface area contributed by atoms with Gasteiger partial charge in [-0.3, -0.25) is 0 Å². The van der Waals surface area contributed by atoms with E-state index in [1.54, 1.807) is 0 Å². The molecule has 0 saturated heterocycles. The predicted molar refractivity (Wildman–Crippen MR) is 88.2 cm³/mol. The number of nitrogens with two attached hydrogens (primary N) is 1. The van der Waals surface area contributed by atoms with Crippen molar-refractivity contribution in [3.05, 3.63) is 29.8 Å². The molecule has 2 rings (SSSR count). The molecule has 20 heavy (non-hydrogen) atoms. The molecule has 1 aromatic carbocycles. The Morgan fingerprint density at radius 1 is 1.35 bits per heavy atom. The average Bonchev–Trinajstić information content (AvgIpc) is 2.43. The quantitative estimate of drug-likeness (QED) is 0.884. The van der Waals surface area contributed by atoms with E-state index < -0.39 is 0 Å². The molecule has 1 aliphatic rings. The first-order valence-electron chi connectivity index (χ1n) is 8.02. The number of hydrogen-bond donors (Lipinski definition) is 1. The van der Waals surface area contributed by atoms with Crippen LogP contribution in [0.25, 0.3) is 0 Å². The Bertz CT molecular complexity index is 441. The van der Waals surface area contributed by atoms with Crippen LogP contribution in [0.15, 0.2) is 24.3 Å². The first kappa shape index (κ1) is 15.4. The van der Waals surface area contributed by atoms with Gasteiger partial charge in [-0.2, -0.15) is 0 Å². The Kier molecular flexibility index (Phi) is 4.74. The van der Waals surface area contributed by atoms with E-state index in [1.807, 2.05) is 0 Å². The Morgan fingerprint density at radius 3 is 2.70 bits per heavy atom. The molecule has 0 spiro atoms. The van der Waals surface area contributed by atoms with Crippen molar-refractivity contribution in [1.29, 1.82) is 0 Å². The zero-order chi connectivity index (χ0) is 14.8. The van der Waals surface area contributed by atoms with Gasteiger partial charge in [0.2, 0.25) is 0 Å². The summed E-state index contributed by atoms with van der Waals surface area (Å²) >= 11 is 0. The summed E-state index contributed by atoms with van der Waals surface area (Å²) in [6, 6.07) is 8.85. The highest BCUT2D eigenvalue weighted by Crippen LogP contribution is 2.36. The first-order valence-corrected chi connectivity index (χ1v) is 8.02. The van der Waals surface area contributed by atoms with Crippen LogP contribution in [-0.4, -0.2) is 18.6 Å². The molecule has 0 fully saturated rings. The maximum absolute atomic E-state index is 6.19. The van der Waals surface area contributed by atoms with Crippen LogP contribution in [0, 0.1) is 11.8 Å². The molecule has 112 valence electrons. The van der Waals surface area contributed by atoms with E-state index in [4.69, 9.17) is 5.73 Å². The molecule has 1 aromatic rings. The van der Waals surface area contributed by atoms with Gasteiger partial charge in [0.15, 0.2) is 0 Å². The third-order valence-electron chi connectivity index (χ3n) is 4.70. The SMILES string of the molecule is CC(C)CCC(C)(CN)N1CC(C)Cc2ccccc21. The summed E-state index contributed by atoms with van der Waals surface area (Å²) in [7, 11) is 0. The molecule has 0 aromatic heterocycles. The lowest BCUT2D eigenvalue weighted by atomic mass is 9.85. The average molecular weight is 274 g/mol. The van der Waals surface area contributed by atoms with Gasteiger partial charge in [0, 0.05) is 24.3 Å². The van der Waals surface area contributed by atoms with E-state index in [1.165, 1.54) is 30.5 Å². The molecular formula is C18H30N2. The van der Waals surface area contributed by atoms with E-state index >= 15 is 0 Å². The van der Waals surface area contributed by atoms with Gasteiger partial charge in [-0.15, -0.1) is 0 Å². The Hall–Kier alpha value is -1.02. The highest BCUT2D eigenvalue weighted by Gasteiger charge is 2.35. The Balaban J connectivity index is 2.29.